The number of amides is 1. The molecule has 4 aliphatic rings. The van der Waals surface area contributed by atoms with E-state index in [1.54, 1.807) is 18.5 Å². The lowest BCUT2D eigenvalue weighted by Crippen LogP contribution is -2.35. The number of hydrogen-bond donors (Lipinski definition) is 1. The van der Waals surface area contributed by atoms with Gasteiger partial charge in [-0.3, -0.25) is 4.79 Å². The summed E-state index contributed by atoms with van der Waals surface area (Å²) in [6, 6.07) is 10.7. The number of carbonyl (C=O) groups excluding carboxylic acids is 1. The number of halogens is 3. The number of rotatable bonds is 7. The van der Waals surface area contributed by atoms with Crippen LogP contribution in [0, 0.1) is 17.8 Å². The Hall–Kier alpha value is -3.24. The van der Waals surface area contributed by atoms with Crippen LogP contribution in [0.25, 0.3) is 0 Å². The van der Waals surface area contributed by atoms with E-state index in [9.17, 15) is 18.0 Å². The van der Waals surface area contributed by atoms with Crippen LogP contribution in [0.5, 0.6) is 0 Å². The van der Waals surface area contributed by atoms with Gasteiger partial charge in [0.15, 0.2) is 0 Å². The molecule has 1 aromatic heterocycles. The average molecular weight is 538 g/mol. The first kappa shape index (κ1) is 24.8. The van der Waals surface area contributed by atoms with E-state index in [0.29, 0.717) is 37.1 Å². The maximum absolute atomic E-state index is 14.2. The number of aryl methyl sites for hydroxylation is 1. The fourth-order valence-electron chi connectivity index (χ4n) is 6.71. The third-order valence-electron chi connectivity index (χ3n) is 8.95. The predicted molar refractivity (Wildman–Crippen MR) is 137 cm³/mol. The van der Waals surface area contributed by atoms with E-state index in [-0.39, 0.29) is 29.5 Å². The summed E-state index contributed by atoms with van der Waals surface area (Å²) in [5.41, 5.74) is 1.45. The van der Waals surface area contributed by atoms with Gasteiger partial charge in [-0.1, -0.05) is 12.1 Å². The van der Waals surface area contributed by atoms with Gasteiger partial charge in [0.25, 0.3) is 5.91 Å². The molecular weight excluding hydrogens is 507 g/mol. The maximum Gasteiger partial charge on any atom is 0.416 e. The Bertz CT molecular complexity index is 1420. The Kier molecular flexibility index (Phi) is 5.82. The van der Waals surface area contributed by atoms with Crippen molar-refractivity contribution in [1.29, 1.82) is 0 Å². The van der Waals surface area contributed by atoms with E-state index in [4.69, 9.17) is 4.74 Å². The molecule has 2 saturated carbocycles. The summed E-state index contributed by atoms with van der Waals surface area (Å²) in [5.74, 6) is 2.04. The molecule has 204 valence electrons. The third-order valence-corrected chi connectivity index (χ3v) is 8.95. The van der Waals surface area contributed by atoms with Gasteiger partial charge in [0.05, 0.1) is 31.2 Å². The molecule has 4 atom stereocenters. The number of nitrogens with one attached hydrogen (secondary N) is 1. The highest BCUT2D eigenvalue weighted by atomic mass is 19.4. The van der Waals surface area contributed by atoms with E-state index < -0.39 is 17.6 Å². The Balaban J connectivity index is 1.18. The van der Waals surface area contributed by atoms with E-state index >= 15 is 0 Å². The number of alkyl halides is 3. The van der Waals surface area contributed by atoms with Gasteiger partial charge in [0, 0.05) is 36.8 Å². The smallest absolute Gasteiger partial charge is 0.381 e. The first-order valence-electron chi connectivity index (χ1n) is 13.6. The largest absolute Gasteiger partial charge is 0.416 e. The van der Waals surface area contributed by atoms with E-state index in [2.05, 4.69) is 15.5 Å². The van der Waals surface area contributed by atoms with Crippen molar-refractivity contribution >= 4 is 11.6 Å². The van der Waals surface area contributed by atoms with Crippen LogP contribution in [-0.2, 0) is 31.1 Å². The molecule has 0 radical (unpaired) electrons. The lowest BCUT2D eigenvalue weighted by atomic mass is 9.83. The Morgan fingerprint density at radius 2 is 1.92 bits per heavy atom. The van der Waals surface area contributed by atoms with Crippen molar-refractivity contribution in [2.45, 2.75) is 50.5 Å². The summed E-state index contributed by atoms with van der Waals surface area (Å²) in [7, 11) is 1.88. The molecule has 3 heterocycles. The van der Waals surface area contributed by atoms with Crippen molar-refractivity contribution in [3.8, 4) is 0 Å². The number of benzene rings is 2. The highest BCUT2D eigenvalue weighted by Gasteiger charge is 2.46. The van der Waals surface area contributed by atoms with Crippen LogP contribution in [0.3, 0.4) is 0 Å². The Labute approximate surface area is 224 Å². The van der Waals surface area contributed by atoms with Crippen molar-refractivity contribution in [1.82, 2.24) is 20.1 Å². The second kappa shape index (κ2) is 9.16. The minimum Gasteiger partial charge on any atom is -0.381 e. The molecule has 39 heavy (non-hydrogen) atoms. The highest BCUT2D eigenvalue weighted by Crippen LogP contribution is 2.51. The number of ether oxygens (including phenoxy) is 1. The molecule has 3 aromatic rings. The third kappa shape index (κ3) is 4.43. The second-order valence-corrected chi connectivity index (χ2v) is 11.5. The fraction of sp³-hybridized carbons (Fsp3) is 0.483. The van der Waals surface area contributed by atoms with E-state index in [0.717, 1.165) is 36.1 Å². The standard InChI is InChI=1S/C29H30F3N5O2/c1-36-15-34-35-27(36)26(20-13-39-14-20)17-3-2-4-22(10-17)37-12-24-23(28(37)38)5-16(6-25(24)29(30,31)32)11-33-21-8-18-7-19(18)9-21/h2-6,10,15,18-21,26,33H,7-9,11-14H2,1H3/t18-,19?,21?,26-/m0/s1. The summed E-state index contributed by atoms with van der Waals surface area (Å²) in [6.07, 6.45) is 0.565. The van der Waals surface area contributed by atoms with Gasteiger partial charge >= 0.3 is 6.18 Å². The topological polar surface area (TPSA) is 72.3 Å². The highest BCUT2D eigenvalue weighted by molar-refractivity contribution is 6.10. The van der Waals surface area contributed by atoms with Crippen molar-refractivity contribution < 1.29 is 22.7 Å². The molecule has 1 N–H and O–H groups in total. The summed E-state index contributed by atoms with van der Waals surface area (Å²) < 4.78 is 49.9. The summed E-state index contributed by atoms with van der Waals surface area (Å²) in [6.45, 7) is 1.38. The van der Waals surface area contributed by atoms with Crippen LogP contribution in [0.2, 0.25) is 0 Å². The van der Waals surface area contributed by atoms with Crippen LogP contribution in [0.15, 0.2) is 42.7 Å². The Morgan fingerprint density at radius 3 is 2.59 bits per heavy atom. The SMILES string of the molecule is Cn1cnnc1[C@@H](c1cccc(N2Cc3c(cc(CNC4CC5C[C@H]5C4)cc3C(F)(F)F)C2=O)c1)C1COC1. The van der Waals surface area contributed by atoms with Crippen LogP contribution in [0.4, 0.5) is 18.9 Å². The minimum absolute atomic E-state index is 0.0426. The van der Waals surface area contributed by atoms with Crippen molar-refractivity contribution in [2.24, 2.45) is 24.8 Å². The molecule has 1 amide bonds. The number of nitrogens with zero attached hydrogens (tertiary/aromatic N) is 4. The molecule has 3 fully saturated rings. The van der Waals surface area contributed by atoms with Crippen molar-refractivity contribution in [3.63, 3.8) is 0 Å². The van der Waals surface area contributed by atoms with E-state index in [1.807, 2.05) is 29.8 Å². The number of aromatic nitrogens is 3. The second-order valence-electron chi connectivity index (χ2n) is 11.5. The van der Waals surface area contributed by atoms with Crippen LogP contribution >= 0.6 is 0 Å². The van der Waals surface area contributed by atoms with Crippen LogP contribution in [0.1, 0.15) is 63.6 Å². The molecule has 0 bridgehead atoms. The van der Waals surface area contributed by atoms with Gasteiger partial charge < -0.3 is 19.5 Å². The molecule has 2 aliphatic heterocycles. The molecule has 0 spiro atoms. The molecule has 7 rings (SSSR count). The summed E-state index contributed by atoms with van der Waals surface area (Å²) >= 11 is 0. The normalized spacial score (nSPS) is 25.0. The maximum atomic E-state index is 14.2. The zero-order chi connectivity index (χ0) is 26.9. The predicted octanol–water partition coefficient (Wildman–Crippen LogP) is 4.66. The van der Waals surface area contributed by atoms with Crippen LogP contribution in [-0.4, -0.2) is 39.9 Å². The number of carbonyl (C=O) groups is 1. The molecule has 2 unspecified atom stereocenters. The minimum atomic E-state index is -4.55. The van der Waals surface area contributed by atoms with Gasteiger partial charge in [-0.25, -0.2) is 0 Å². The van der Waals surface area contributed by atoms with Crippen molar-refractivity contribution in [2.75, 3.05) is 18.1 Å². The fourth-order valence-corrected chi connectivity index (χ4v) is 6.71. The molecule has 1 saturated heterocycles. The molecule has 2 aromatic carbocycles. The first-order chi connectivity index (χ1) is 18.8. The van der Waals surface area contributed by atoms with E-state index in [1.165, 1.54) is 17.4 Å². The summed E-state index contributed by atoms with van der Waals surface area (Å²) in [4.78, 5) is 15.0. The molecule has 7 nitrogen and oxygen atoms in total. The average Bonchev–Trinajstić information content (AvgIpc) is 3.16. The number of hydrogen-bond acceptors (Lipinski definition) is 5. The van der Waals surface area contributed by atoms with Gasteiger partial charge in [-0.2, -0.15) is 13.2 Å². The van der Waals surface area contributed by atoms with Gasteiger partial charge in [-0.15, -0.1) is 10.2 Å². The lowest BCUT2D eigenvalue weighted by molar-refractivity contribution is -0.138. The molecule has 10 heteroatoms. The number of fused-ring (bicyclic) bond motifs is 2. The Morgan fingerprint density at radius 1 is 1.13 bits per heavy atom. The van der Waals surface area contributed by atoms with Crippen molar-refractivity contribution in [3.05, 3.63) is 76.4 Å². The zero-order valence-electron chi connectivity index (χ0n) is 21.6. The van der Waals surface area contributed by atoms with Gasteiger partial charge in [-0.05, 0) is 72.1 Å². The van der Waals surface area contributed by atoms with Crippen LogP contribution < -0.4 is 10.2 Å². The first-order valence-corrected chi connectivity index (χ1v) is 13.6. The van der Waals surface area contributed by atoms with Gasteiger partial charge in [0.1, 0.15) is 12.2 Å². The monoisotopic (exact) mass is 537 g/mol. The quantitative estimate of drug-likeness (QED) is 0.475. The molecule has 2 aliphatic carbocycles. The summed E-state index contributed by atoms with van der Waals surface area (Å²) in [5, 5.41) is 11.8. The zero-order valence-corrected chi connectivity index (χ0v) is 21.6. The number of anilines is 1. The molecular formula is C29H30F3N5O2. The lowest BCUT2D eigenvalue weighted by Gasteiger charge is -2.33. The van der Waals surface area contributed by atoms with Gasteiger partial charge in [0.2, 0.25) is 0 Å².